The monoisotopic (exact) mass is 507 g/mol. The Labute approximate surface area is 208 Å². The summed E-state index contributed by atoms with van der Waals surface area (Å²) in [5.41, 5.74) is 2.91. The summed E-state index contributed by atoms with van der Waals surface area (Å²) in [5.74, 6) is -0.793. The van der Waals surface area contributed by atoms with E-state index in [1.165, 1.54) is 4.90 Å². The third kappa shape index (κ3) is 7.74. The third-order valence-electron chi connectivity index (χ3n) is 5.58. The first-order chi connectivity index (χ1) is 15.8. The molecule has 0 spiro atoms. The minimum absolute atomic E-state index is 0.0548. The van der Waals surface area contributed by atoms with E-state index in [0.717, 1.165) is 33.7 Å². The maximum absolute atomic E-state index is 13.5. The van der Waals surface area contributed by atoms with Gasteiger partial charge in [0.25, 0.3) is 0 Å². The van der Waals surface area contributed by atoms with Gasteiger partial charge in [-0.05, 0) is 75.1 Å². The molecule has 2 atom stereocenters. The number of aryl methyl sites for hydroxylation is 2. The highest BCUT2D eigenvalue weighted by Crippen LogP contribution is 2.22. The normalized spacial score (nSPS) is 13.1. The zero-order valence-corrected chi connectivity index (χ0v) is 22.2. The molecular formula is C25H34ClN3O4S. The van der Waals surface area contributed by atoms with E-state index in [-0.39, 0.29) is 18.5 Å². The van der Waals surface area contributed by atoms with Gasteiger partial charge in [-0.1, -0.05) is 36.7 Å². The molecule has 0 unspecified atom stereocenters. The molecule has 0 aromatic heterocycles. The number of rotatable bonds is 10. The molecule has 0 fully saturated rings. The Balaban J connectivity index is 2.42. The van der Waals surface area contributed by atoms with Crippen molar-refractivity contribution in [2.24, 2.45) is 0 Å². The predicted octanol–water partition coefficient (Wildman–Crippen LogP) is 4.05. The Morgan fingerprint density at radius 3 is 2.21 bits per heavy atom. The van der Waals surface area contributed by atoms with E-state index >= 15 is 0 Å². The van der Waals surface area contributed by atoms with Gasteiger partial charge >= 0.3 is 0 Å². The number of carbonyl (C=O) groups excluding carboxylic acids is 2. The van der Waals surface area contributed by atoms with Crippen molar-refractivity contribution in [3.8, 4) is 0 Å². The average Bonchev–Trinajstić information content (AvgIpc) is 2.73. The van der Waals surface area contributed by atoms with E-state index in [4.69, 9.17) is 11.6 Å². The fourth-order valence-electron chi connectivity index (χ4n) is 3.59. The van der Waals surface area contributed by atoms with Crippen LogP contribution in [0, 0.1) is 13.8 Å². The Kier molecular flexibility index (Phi) is 9.53. The molecule has 0 heterocycles. The number of benzene rings is 2. The fourth-order valence-corrected chi connectivity index (χ4v) is 4.63. The van der Waals surface area contributed by atoms with Crippen molar-refractivity contribution in [3.63, 3.8) is 0 Å². The van der Waals surface area contributed by atoms with Gasteiger partial charge < -0.3 is 10.2 Å². The third-order valence-corrected chi connectivity index (χ3v) is 6.96. The number of carbonyl (C=O) groups is 2. The lowest BCUT2D eigenvalue weighted by molar-refractivity contribution is -0.139. The summed E-state index contributed by atoms with van der Waals surface area (Å²) in [7, 11) is -3.76. The highest BCUT2D eigenvalue weighted by Gasteiger charge is 2.30. The van der Waals surface area contributed by atoms with Crippen LogP contribution in [0.3, 0.4) is 0 Å². The molecule has 0 saturated heterocycles. The molecular weight excluding hydrogens is 474 g/mol. The number of nitrogens with zero attached hydrogens (tertiary/aromatic N) is 2. The number of halogens is 1. The van der Waals surface area contributed by atoms with Gasteiger partial charge in [-0.3, -0.25) is 13.9 Å². The molecule has 0 radical (unpaired) electrons. The predicted molar refractivity (Wildman–Crippen MR) is 137 cm³/mol. The second kappa shape index (κ2) is 11.7. The van der Waals surface area contributed by atoms with Gasteiger partial charge in [0.15, 0.2) is 0 Å². The lowest BCUT2D eigenvalue weighted by Gasteiger charge is -2.32. The molecule has 0 aliphatic heterocycles. The van der Waals surface area contributed by atoms with Crippen molar-refractivity contribution >= 4 is 39.1 Å². The van der Waals surface area contributed by atoms with Gasteiger partial charge in [0, 0.05) is 17.6 Å². The van der Waals surface area contributed by atoms with Gasteiger partial charge in [0.2, 0.25) is 21.8 Å². The summed E-state index contributed by atoms with van der Waals surface area (Å²) in [6, 6.07) is 11.5. The summed E-state index contributed by atoms with van der Waals surface area (Å²) < 4.78 is 26.4. The highest BCUT2D eigenvalue weighted by molar-refractivity contribution is 7.92. The maximum atomic E-state index is 13.5. The Morgan fingerprint density at radius 2 is 1.68 bits per heavy atom. The maximum Gasteiger partial charge on any atom is 0.244 e. The van der Waals surface area contributed by atoms with E-state index in [2.05, 4.69) is 5.32 Å². The molecule has 9 heteroatoms. The van der Waals surface area contributed by atoms with Crippen LogP contribution in [0.25, 0.3) is 0 Å². The first kappa shape index (κ1) is 27.7. The molecule has 0 bridgehead atoms. The zero-order valence-electron chi connectivity index (χ0n) is 20.6. The molecule has 34 heavy (non-hydrogen) atoms. The van der Waals surface area contributed by atoms with Gasteiger partial charge in [-0.25, -0.2) is 8.42 Å². The highest BCUT2D eigenvalue weighted by atomic mass is 35.5. The van der Waals surface area contributed by atoms with Crippen molar-refractivity contribution in [3.05, 3.63) is 64.2 Å². The van der Waals surface area contributed by atoms with Crippen LogP contribution in [-0.2, 0) is 26.2 Å². The van der Waals surface area contributed by atoms with Crippen LogP contribution >= 0.6 is 11.6 Å². The van der Waals surface area contributed by atoms with Crippen molar-refractivity contribution in [1.82, 2.24) is 10.2 Å². The van der Waals surface area contributed by atoms with Gasteiger partial charge in [-0.15, -0.1) is 0 Å². The second-order valence-electron chi connectivity index (χ2n) is 8.76. The lowest BCUT2D eigenvalue weighted by atomic mass is 10.1. The summed E-state index contributed by atoms with van der Waals surface area (Å²) in [5, 5.41) is 3.41. The Hall–Kier alpha value is -2.58. The quantitative estimate of drug-likeness (QED) is 0.525. The van der Waals surface area contributed by atoms with E-state index in [1.807, 2.05) is 39.8 Å². The van der Waals surface area contributed by atoms with E-state index in [1.54, 1.807) is 37.3 Å². The average molecular weight is 508 g/mol. The Bertz CT molecular complexity index is 1120. The molecule has 1 N–H and O–H groups in total. The SMILES string of the molecule is CC[C@H](C)NC(=O)[C@@H](C)N(Cc1cccc(Cl)c1)C(=O)CN(c1cc(C)cc(C)c1)S(C)(=O)=O. The molecule has 2 amide bonds. The van der Waals surface area contributed by atoms with Crippen LogP contribution in [-0.4, -0.2) is 50.0 Å². The molecule has 186 valence electrons. The zero-order chi connectivity index (χ0) is 25.6. The standard InChI is InChI=1S/C25H34ClN3O4S/c1-7-19(4)27-25(31)20(5)28(15-21-9-8-10-22(26)14-21)24(30)16-29(34(6,32)33)23-12-17(2)11-18(3)13-23/h8-14,19-20H,7,15-16H2,1-6H3,(H,27,31)/t19-,20+/m0/s1. The number of sulfonamides is 1. The van der Waals surface area contributed by atoms with Crippen molar-refractivity contribution < 1.29 is 18.0 Å². The fraction of sp³-hybridized carbons (Fsp3) is 0.440. The molecule has 0 saturated carbocycles. The van der Waals surface area contributed by atoms with Crippen LogP contribution in [0.5, 0.6) is 0 Å². The van der Waals surface area contributed by atoms with Crippen LogP contribution in [0.2, 0.25) is 5.02 Å². The Morgan fingerprint density at radius 1 is 1.06 bits per heavy atom. The number of amides is 2. The van der Waals surface area contributed by atoms with Crippen molar-refractivity contribution in [2.75, 3.05) is 17.1 Å². The topological polar surface area (TPSA) is 86.8 Å². The molecule has 7 nitrogen and oxygen atoms in total. The summed E-state index contributed by atoms with van der Waals surface area (Å²) in [4.78, 5) is 27.8. The van der Waals surface area contributed by atoms with Crippen molar-refractivity contribution in [2.45, 2.75) is 59.7 Å². The molecule has 2 aromatic carbocycles. The first-order valence-electron chi connectivity index (χ1n) is 11.2. The summed E-state index contributed by atoms with van der Waals surface area (Å²) >= 11 is 6.12. The molecule has 0 aliphatic rings. The number of hydrogen-bond acceptors (Lipinski definition) is 4. The molecule has 0 aliphatic carbocycles. The number of anilines is 1. The van der Waals surface area contributed by atoms with Crippen LogP contribution in [0.1, 0.15) is 43.9 Å². The van der Waals surface area contributed by atoms with Crippen molar-refractivity contribution in [1.29, 1.82) is 0 Å². The van der Waals surface area contributed by atoms with Crippen LogP contribution in [0.4, 0.5) is 5.69 Å². The van der Waals surface area contributed by atoms with Crippen LogP contribution in [0.15, 0.2) is 42.5 Å². The minimum Gasteiger partial charge on any atom is -0.352 e. The molecule has 2 aromatic rings. The van der Waals surface area contributed by atoms with Gasteiger partial charge in [0.05, 0.1) is 11.9 Å². The lowest BCUT2D eigenvalue weighted by Crippen LogP contribution is -2.52. The number of nitrogens with one attached hydrogen (secondary N) is 1. The molecule has 2 rings (SSSR count). The summed E-state index contributed by atoms with van der Waals surface area (Å²) in [6.07, 6.45) is 1.81. The largest absolute Gasteiger partial charge is 0.352 e. The van der Waals surface area contributed by atoms with E-state index < -0.39 is 28.5 Å². The second-order valence-corrected chi connectivity index (χ2v) is 11.1. The van der Waals surface area contributed by atoms with Gasteiger partial charge in [-0.2, -0.15) is 0 Å². The number of hydrogen-bond donors (Lipinski definition) is 1. The minimum atomic E-state index is -3.76. The van der Waals surface area contributed by atoms with Crippen LogP contribution < -0.4 is 9.62 Å². The smallest absolute Gasteiger partial charge is 0.244 e. The summed E-state index contributed by atoms with van der Waals surface area (Å²) in [6.45, 7) is 8.90. The van der Waals surface area contributed by atoms with Gasteiger partial charge in [0.1, 0.15) is 12.6 Å². The van der Waals surface area contributed by atoms with E-state index in [9.17, 15) is 18.0 Å². The van der Waals surface area contributed by atoms with E-state index in [0.29, 0.717) is 10.7 Å². The first-order valence-corrected chi connectivity index (χ1v) is 13.4.